The third-order valence-corrected chi connectivity index (χ3v) is 4.43. The lowest BCUT2D eigenvalue weighted by atomic mass is 9.98. The zero-order valence-electron chi connectivity index (χ0n) is 14.1. The van der Waals surface area contributed by atoms with Crippen LogP contribution in [0.2, 0.25) is 0 Å². The smallest absolute Gasteiger partial charge is 0.446 e. The average Bonchev–Trinajstić information content (AvgIpc) is 2.55. The van der Waals surface area contributed by atoms with E-state index >= 15 is 0 Å². The number of rotatable bonds is 5. The van der Waals surface area contributed by atoms with Crippen molar-refractivity contribution >= 4 is 37.4 Å². The molecule has 154 valence electrons. The van der Waals surface area contributed by atoms with Gasteiger partial charge in [-0.05, 0) is 12.1 Å². The van der Waals surface area contributed by atoms with Gasteiger partial charge in [0.25, 0.3) is 5.56 Å². The summed E-state index contributed by atoms with van der Waals surface area (Å²) in [4.78, 5) is 14.7. The summed E-state index contributed by atoms with van der Waals surface area (Å²) in [5.41, 5.74) is 3.94. The van der Waals surface area contributed by atoms with Crippen molar-refractivity contribution in [3.8, 4) is 28.4 Å². The van der Waals surface area contributed by atoms with Gasteiger partial charge < -0.3 is 24.2 Å². The maximum atomic E-state index is 12.4. The number of para-hydroxylation sites is 1. The lowest BCUT2D eigenvalue weighted by Crippen LogP contribution is -2.18. The molecule has 0 aliphatic rings. The molecule has 0 saturated heterocycles. The number of aromatic amines is 1. The van der Waals surface area contributed by atoms with Crippen molar-refractivity contribution in [1.82, 2.24) is 4.98 Å². The molecule has 0 aliphatic carbocycles. The van der Waals surface area contributed by atoms with Crippen LogP contribution in [0.4, 0.5) is 5.69 Å². The Hall–Kier alpha value is -3.33. The highest BCUT2D eigenvalue weighted by molar-refractivity contribution is 7.81. The molecule has 1 aromatic heterocycles. The normalized spacial score (nSPS) is 12.1. The highest BCUT2D eigenvalue weighted by atomic mass is 32.3. The number of phenolic OH excluding ortho intramolecular Hbond substituents is 1. The predicted octanol–water partition coefficient (Wildman–Crippen LogP) is 0.846. The summed E-state index contributed by atoms with van der Waals surface area (Å²) < 4.78 is 71.2. The fourth-order valence-corrected chi connectivity index (χ4v) is 3.40. The number of nitrogens with one attached hydrogen (secondary N) is 1. The van der Waals surface area contributed by atoms with Gasteiger partial charge in [-0.2, -0.15) is 16.8 Å². The van der Waals surface area contributed by atoms with E-state index in [1.165, 1.54) is 24.3 Å². The number of hydrogen-bond acceptors (Lipinski definition) is 9. The Morgan fingerprint density at radius 2 is 1.59 bits per heavy atom. The van der Waals surface area contributed by atoms with Gasteiger partial charge in [-0.15, -0.1) is 0 Å². The lowest BCUT2D eigenvalue weighted by molar-refractivity contribution is 0.384. The monoisotopic (exact) mass is 444 g/mol. The third kappa shape index (κ3) is 4.40. The molecule has 0 fully saturated rings. The molecule has 0 spiro atoms. The molecule has 0 aliphatic heterocycles. The Kier molecular flexibility index (Phi) is 4.87. The fraction of sp³-hybridized carbons (Fsp3) is 0. The molecule has 6 N–H and O–H groups in total. The summed E-state index contributed by atoms with van der Waals surface area (Å²) in [6, 6.07) is 7.38. The SMILES string of the molecule is Nc1cc(OS(=O)(=O)O)cc2c(-c3ccccc3O)c(OS(=O)(=O)O)c(=O)[nH]c12. The fourth-order valence-electron chi connectivity index (χ4n) is 2.69. The van der Waals surface area contributed by atoms with Crippen LogP contribution in [-0.4, -0.2) is 36.0 Å². The zero-order chi connectivity index (χ0) is 21.6. The van der Waals surface area contributed by atoms with Crippen LogP contribution in [0.5, 0.6) is 17.2 Å². The van der Waals surface area contributed by atoms with Crippen LogP contribution in [0.25, 0.3) is 22.0 Å². The Balaban J connectivity index is 2.50. The second-order valence-electron chi connectivity index (χ2n) is 5.63. The van der Waals surface area contributed by atoms with Gasteiger partial charge in [-0.25, -0.2) is 0 Å². The Labute approximate surface area is 163 Å². The van der Waals surface area contributed by atoms with Gasteiger partial charge in [0, 0.05) is 22.6 Å². The Bertz CT molecular complexity index is 1390. The van der Waals surface area contributed by atoms with E-state index in [0.717, 1.165) is 12.1 Å². The van der Waals surface area contributed by atoms with Crippen molar-refractivity contribution in [2.75, 3.05) is 5.73 Å². The van der Waals surface area contributed by atoms with Gasteiger partial charge in [0.1, 0.15) is 11.5 Å². The van der Waals surface area contributed by atoms with E-state index in [-0.39, 0.29) is 27.7 Å². The predicted molar refractivity (Wildman–Crippen MR) is 100 cm³/mol. The van der Waals surface area contributed by atoms with E-state index < -0.39 is 43.6 Å². The summed E-state index contributed by atoms with van der Waals surface area (Å²) >= 11 is 0. The number of anilines is 1. The number of nitrogens with two attached hydrogens (primary N) is 1. The van der Waals surface area contributed by atoms with E-state index in [1.807, 2.05) is 0 Å². The molecule has 2 aromatic carbocycles. The number of fused-ring (bicyclic) bond motifs is 1. The number of hydrogen-bond donors (Lipinski definition) is 5. The van der Waals surface area contributed by atoms with Gasteiger partial charge in [-0.1, -0.05) is 18.2 Å². The number of aromatic hydroxyl groups is 1. The number of phenols is 1. The standard InChI is InChI=1S/C15H12N2O10S2/c16-10-6-7(26-28(20,21)22)5-9-12(8-3-1-2-4-11(8)18)14(27-29(23,24)25)15(19)17-13(9)10/h1-6,18H,16H2,(H,17,19)(H,20,21,22)(H,23,24,25). The van der Waals surface area contributed by atoms with E-state index in [4.69, 9.17) is 14.8 Å². The van der Waals surface area contributed by atoms with Gasteiger partial charge in [0.05, 0.1) is 11.2 Å². The van der Waals surface area contributed by atoms with Crippen molar-refractivity contribution < 1.29 is 39.4 Å². The molecule has 0 unspecified atom stereocenters. The first-order chi connectivity index (χ1) is 13.4. The summed E-state index contributed by atoms with van der Waals surface area (Å²) in [6.07, 6.45) is 0. The van der Waals surface area contributed by atoms with Gasteiger partial charge in [-0.3, -0.25) is 13.9 Å². The van der Waals surface area contributed by atoms with Crippen LogP contribution < -0.4 is 19.7 Å². The molecule has 3 aromatic rings. The topological polar surface area (TPSA) is 206 Å². The first kappa shape index (κ1) is 20.4. The summed E-state index contributed by atoms with van der Waals surface area (Å²) in [5.74, 6) is -1.82. The molecule has 12 nitrogen and oxygen atoms in total. The maximum Gasteiger partial charge on any atom is 0.446 e. The van der Waals surface area contributed by atoms with Gasteiger partial charge in [0.15, 0.2) is 0 Å². The van der Waals surface area contributed by atoms with Crippen LogP contribution in [0.3, 0.4) is 0 Å². The largest absolute Gasteiger partial charge is 0.507 e. The molecule has 14 heteroatoms. The van der Waals surface area contributed by atoms with E-state index in [0.29, 0.717) is 0 Å². The number of aromatic nitrogens is 1. The van der Waals surface area contributed by atoms with Crippen molar-refractivity contribution in [2.24, 2.45) is 0 Å². The molecule has 29 heavy (non-hydrogen) atoms. The van der Waals surface area contributed by atoms with Crippen LogP contribution in [0.15, 0.2) is 41.2 Å². The van der Waals surface area contributed by atoms with Crippen LogP contribution in [0, 0.1) is 0 Å². The van der Waals surface area contributed by atoms with Crippen LogP contribution in [-0.2, 0) is 20.8 Å². The Morgan fingerprint density at radius 1 is 0.966 bits per heavy atom. The number of pyridine rings is 1. The van der Waals surface area contributed by atoms with Crippen molar-refractivity contribution in [1.29, 1.82) is 0 Å². The minimum atomic E-state index is -5.16. The quantitative estimate of drug-likeness (QED) is 0.275. The first-order valence-corrected chi connectivity index (χ1v) is 10.2. The third-order valence-electron chi connectivity index (χ3n) is 3.65. The highest BCUT2D eigenvalue weighted by Crippen LogP contribution is 2.41. The van der Waals surface area contributed by atoms with Crippen LogP contribution in [0.1, 0.15) is 0 Å². The molecular weight excluding hydrogens is 432 g/mol. The highest BCUT2D eigenvalue weighted by Gasteiger charge is 2.24. The first-order valence-electron chi connectivity index (χ1n) is 7.47. The summed E-state index contributed by atoms with van der Waals surface area (Å²) in [7, 11) is -10.1. The molecular formula is C15H12N2O10S2. The minimum Gasteiger partial charge on any atom is -0.507 e. The number of benzene rings is 2. The molecule has 1 heterocycles. The van der Waals surface area contributed by atoms with Crippen molar-refractivity contribution in [3.63, 3.8) is 0 Å². The second-order valence-corrected chi connectivity index (χ2v) is 7.68. The molecule has 0 saturated carbocycles. The maximum absolute atomic E-state index is 12.4. The van der Waals surface area contributed by atoms with E-state index in [9.17, 15) is 26.7 Å². The molecule has 0 radical (unpaired) electrons. The number of H-pyrrole nitrogens is 1. The van der Waals surface area contributed by atoms with Gasteiger partial charge >= 0.3 is 20.8 Å². The Morgan fingerprint density at radius 3 is 2.17 bits per heavy atom. The number of nitrogen functional groups attached to an aromatic ring is 1. The molecule has 3 rings (SSSR count). The molecule has 0 atom stereocenters. The molecule has 0 bridgehead atoms. The molecule has 0 amide bonds. The van der Waals surface area contributed by atoms with E-state index in [2.05, 4.69) is 13.4 Å². The summed E-state index contributed by atoms with van der Waals surface area (Å²) in [5, 5.41) is 10.1. The van der Waals surface area contributed by atoms with Gasteiger partial charge in [0.2, 0.25) is 5.75 Å². The van der Waals surface area contributed by atoms with Crippen molar-refractivity contribution in [3.05, 3.63) is 46.8 Å². The van der Waals surface area contributed by atoms with Crippen molar-refractivity contribution in [2.45, 2.75) is 0 Å². The van der Waals surface area contributed by atoms with Crippen LogP contribution >= 0.6 is 0 Å². The average molecular weight is 444 g/mol. The summed E-state index contributed by atoms with van der Waals surface area (Å²) in [6.45, 7) is 0. The second kappa shape index (κ2) is 6.93. The lowest BCUT2D eigenvalue weighted by Gasteiger charge is -2.15. The van der Waals surface area contributed by atoms with E-state index in [1.54, 1.807) is 0 Å². The zero-order valence-corrected chi connectivity index (χ0v) is 15.7. The minimum absolute atomic E-state index is 0.0846.